The Morgan fingerprint density at radius 2 is 1.59 bits per heavy atom. The molecule has 2 aromatic carbocycles. The highest BCUT2D eigenvalue weighted by Crippen LogP contribution is 2.64. The molecule has 3 fully saturated rings. The van der Waals surface area contributed by atoms with Gasteiger partial charge in [-0.05, 0) is 42.7 Å². The fraction of sp³-hybridized carbons (Fsp3) is 0.526. The lowest BCUT2D eigenvalue weighted by molar-refractivity contribution is -0.346. The Hall–Kier alpha value is -3.98. The van der Waals surface area contributed by atoms with Gasteiger partial charge in [-0.15, -0.1) is 0 Å². The summed E-state index contributed by atoms with van der Waals surface area (Å²) in [5, 5.41) is 48.0. The predicted octanol–water partition coefficient (Wildman–Crippen LogP) is 1.69. The summed E-state index contributed by atoms with van der Waals surface area (Å²) in [5.74, 6) is -5.10. The number of esters is 3. The average molecular weight is 708 g/mol. The highest BCUT2D eigenvalue weighted by atomic mass is 16.6. The first kappa shape index (κ1) is 36.8. The summed E-state index contributed by atoms with van der Waals surface area (Å²) < 4.78 is 23.9. The third-order valence-corrected chi connectivity index (χ3v) is 11.9. The van der Waals surface area contributed by atoms with Crippen LogP contribution in [0.15, 0.2) is 71.8 Å². The van der Waals surface area contributed by atoms with E-state index in [2.05, 4.69) is 0 Å². The molecular formula is C38H45NO12. The molecule has 1 heterocycles. The molecule has 0 spiro atoms. The third-order valence-electron chi connectivity index (χ3n) is 11.9. The fourth-order valence-electron chi connectivity index (χ4n) is 8.99. The van der Waals surface area contributed by atoms with E-state index in [9.17, 15) is 39.6 Å². The molecule has 11 atom stereocenters. The summed E-state index contributed by atoms with van der Waals surface area (Å²) in [4.78, 5) is 55.0. The number of carbonyl (C=O) groups is 4. The molecule has 0 radical (unpaired) electrons. The minimum absolute atomic E-state index is 0.0120. The lowest BCUT2D eigenvalue weighted by Gasteiger charge is -2.67. The van der Waals surface area contributed by atoms with Crippen LogP contribution in [0.4, 0.5) is 0 Å². The molecule has 2 saturated carbocycles. The number of hydrogen-bond donors (Lipinski definition) is 5. The Balaban J connectivity index is 1.53. The van der Waals surface area contributed by atoms with Crippen molar-refractivity contribution in [3.63, 3.8) is 0 Å². The van der Waals surface area contributed by atoms with Crippen LogP contribution < -0.4 is 5.73 Å². The van der Waals surface area contributed by atoms with Crippen molar-refractivity contribution < 1.29 is 58.6 Å². The summed E-state index contributed by atoms with van der Waals surface area (Å²) in [7, 11) is 0. The van der Waals surface area contributed by atoms with Gasteiger partial charge >= 0.3 is 17.9 Å². The fourth-order valence-corrected chi connectivity index (χ4v) is 8.99. The Morgan fingerprint density at radius 1 is 0.980 bits per heavy atom. The van der Waals surface area contributed by atoms with Gasteiger partial charge in [0.05, 0.1) is 35.6 Å². The van der Waals surface area contributed by atoms with E-state index in [4.69, 9.17) is 24.7 Å². The molecular weight excluding hydrogens is 662 g/mol. The topological polar surface area (TPSA) is 212 Å². The molecule has 274 valence electrons. The van der Waals surface area contributed by atoms with E-state index in [-0.39, 0.29) is 29.7 Å². The number of carbonyl (C=O) groups excluding carboxylic acids is 4. The lowest BCUT2D eigenvalue weighted by Crippen LogP contribution is -2.81. The van der Waals surface area contributed by atoms with Crippen LogP contribution in [-0.4, -0.2) is 98.6 Å². The Kier molecular flexibility index (Phi) is 9.31. The minimum atomic E-state index is -2.28. The third kappa shape index (κ3) is 5.53. The van der Waals surface area contributed by atoms with Gasteiger partial charge in [-0.25, -0.2) is 9.59 Å². The maximum Gasteiger partial charge on any atom is 0.338 e. The second kappa shape index (κ2) is 12.9. The standard InChI is InChI=1S/C38H45NO12/c1-19-23(49-34(46)29(43)27(39)21-12-8-6-9-13-21)17-38(47)32(50-33(45)22-14-10-7-11-15-22)30-36(5,31(44)28(42)26(19)35(38,3)4)24(41)16-25-37(30,18-48-25)51-20(2)40/h6-15,23-25,27-30,32,41-43,47H,16-18,39H2,1-5H3/t23-,24-,25+,27-,28+,29+,30?,32-,36+,37-,38+/m0/s1. The normalized spacial score (nSPS) is 36.5. The molecule has 1 saturated heterocycles. The van der Waals surface area contributed by atoms with E-state index < -0.39 is 101 Å². The lowest BCUT2D eigenvalue weighted by atomic mass is 9.44. The van der Waals surface area contributed by atoms with Crippen molar-refractivity contribution in [2.45, 2.75) is 101 Å². The second-order valence-electron chi connectivity index (χ2n) is 15.0. The van der Waals surface area contributed by atoms with Crippen LogP contribution in [0.25, 0.3) is 0 Å². The maximum atomic E-state index is 14.8. The van der Waals surface area contributed by atoms with Gasteiger partial charge in [0.15, 0.2) is 17.5 Å². The van der Waals surface area contributed by atoms with Crippen LogP contribution in [0.1, 0.15) is 69.4 Å². The van der Waals surface area contributed by atoms with Crippen molar-refractivity contribution in [3.8, 4) is 0 Å². The molecule has 0 aromatic heterocycles. The molecule has 6 N–H and O–H groups in total. The van der Waals surface area contributed by atoms with Gasteiger partial charge in [-0.1, -0.05) is 62.4 Å². The first-order chi connectivity index (χ1) is 23.9. The molecule has 1 unspecified atom stereocenters. The number of aliphatic hydroxyl groups is 4. The number of Topliss-reactive ketones (excluding diaryl/α,β-unsaturated/α-hetero) is 1. The Morgan fingerprint density at radius 3 is 2.16 bits per heavy atom. The van der Waals surface area contributed by atoms with Crippen molar-refractivity contribution in [2.24, 2.45) is 22.5 Å². The second-order valence-corrected chi connectivity index (χ2v) is 15.0. The van der Waals surface area contributed by atoms with Crippen molar-refractivity contribution in [2.75, 3.05) is 6.61 Å². The summed E-state index contributed by atoms with van der Waals surface area (Å²) in [6, 6.07) is 15.2. The maximum absolute atomic E-state index is 14.8. The van der Waals surface area contributed by atoms with E-state index in [1.807, 2.05) is 0 Å². The van der Waals surface area contributed by atoms with E-state index >= 15 is 0 Å². The summed E-state index contributed by atoms with van der Waals surface area (Å²) in [5.41, 5.74) is -0.496. The first-order valence-corrected chi connectivity index (χ1v) is 17.0. The number of aliphatic hydroxyl groups excluding tert-OH is 3. The number of benzene rings is 2. The highest BCUT2D eigenvalue weighted by molar-refractivity contribution is 5.94. The van der Waals surface area contributed by atoms with Gasteiger partial charge < -0.3 is 45.1 Å². The molecule has 0 amide bonds. The number of rotatable bonds is 7. The van der Waals surface area contributed by atoms with E-state index in [1.54, 1.807) is 62.4 Å². The monoisotopic (exact) mass is 707 g/mol. The predicted molar refractivity (Wildman–Crippen MR) is 178 cm³/mol. The van der Waals surface area contributed by atoms with Gasteiger partial charge in [-0.3, -0.25) is 9.59 Å². The van der Waals surface area contributed by atoms with Crippen LogP contribution in [0, 0.1) is 16.7 Å². The Bertz CT molecular complexity index is 1750. The van der Waals surface area contributed by atoms with Crippen LogP contribution in [0.3, 0.4) is 0 Å². The van der Waals surface area contributed by atoms with Crippen molar-refractivity contribution in [3.05, 3.63) is 82.9 Å². The average Bonchev–Trinajstić information content (AvgIpc) is 3.09. The largest absolute Gasteiger partial charge is 0.456 e. The van der Waals surface area contributed by atoms with E-state index in [0.29, 0.717) is 5.56 Å². The zero-order chi connectivity index (χ0) is 37.3. The van der Waals surface area contributed by atoms with Gasteiger partial charge in [0.25, 0.3) is 0 Å². The molecule has 2 aromatic rings. The molecule has 4 aliphatic rings. The first-order valence-electron chi connectivity index (χ1n) is 17.0. The van der Waals surface area contributed by atoms with Crippen molar-refractivity contribution >= 4 is 23.7 Å². The van der Waals surface area contributed by atoms with Crippen LogP contribution in [0.2, 0.25) is 0 Å². The smallest absolute Gasteiger partial charge is 0.338 e. The van der Waals surface area contributed by atoms with Crippen LogP contribution >= 0.6 is 0 Å². The SMILES string of the molecule is CC(=O)O[C@@]12CO[C@@H]1C[C@H](O)[C@@]1(C)C(=O)[C@H](O)C3=C(C)[C@@H](OC(=O)[C@H](O)[C@@H](N)c4ccccc4)C[C@@](O)([C@@H](OC(=O)c4ccccc4)C12)C3(C)C. The minimum Gasteiger partial charge on any atom is -0.456 e. The van der Waals surface area contributed by atoms with Gasteiger partial charge in [0, 0.05) is 25.2 Å². The molecule has 3 aliphatic carbocycles. The zero-order valence-corrected chi connectivity index (χ0v) is 29.1. The molecule has 2 bridgehead atoms. The zero-order valence-electron chi connectivity index (χ0n) is 29.1. The number of fused-ring (bicyclic) bond motifs is 5. The summed E-state index contributed by atoms with van der Waals surface area (Å²) >= 11 is 0. The molecule has 13 heteroatoms. The molecule has 51 heavy (non-hydrogen) atoms. The van der Waals surface area contributed by atoms with Crippen molar-refractivity contribution in [1.82, 2.24) is 0 Å². The van der Waals surface area contributed by atoms with E-state index in [0.717, 1.165) is 0 Å². The van der Waals surface area contributed by atoms with Gasteiger partial charge in [0.1, 0.15) is 30.0 Å². The van der Waals surface area contributed by atoms with Crippen molar-refractivity contribution in [1.29, 1.82) is 0 Å². The molecule has 6 rings (SSSR count). The summed E-state index contributed by atoms with van der Waals surface area (Å²) in [6.07, 6.45) is -9.94. The Labute approximate surface area is 295 Å². The number of ether oxygens (including phenoxy) is 4. The van der Waals surface area contributed by atoms with Gasteiger partial charge in [0.2, 0.25) is 0 Å². The number of nitrogens with two attached hydrogens (primary N) is 1. The summed E-state index contributed by atoms with van der Waals surface area (Å²) in [6.45, 7) is 6.99. The quantitative estimate of drug-likeness (QED) is 0.158. The molecule has 1 aliphatic heterocycles. The highest BCUT2D eigenvalue weighted by Gasteiger charge is 2.78. The van der Waals surface area contributed by atoms with Crippen LogP contribution in [0.5, 0.6) is 0 Å². The van der Waals surface area contributed by atoms with E-state index in [1.165, 1.54) is 32.9 Å². The molecule has 13 nitrogen and oxygen atoms in total. The number of ketones is 1. The van der Waals surface area contributed by atoms with Gasteiger partial charge in [-0.2, -0.15) is 0 Å². The number of hydrogen-bond acceptors (Lipinski definition) is 13. The van der Waals surface area contributed by atoms with Crippen LogP contribution in [-0.2, 0) is 33.3 Å².